The van der Waals surface area contributed by atoms with Crippen LogP contribution >= 0.6 is 11.8 Å². The zero-order valence-corrected chi connectivity index (χ0v) is 10.7. The second-order valence-electron chi connectivity index (χ2n) is 4.35. The number of aliphatic hydroxyl groups is 1. The van der Waals surface area contributed by atoms with Gasteiger partial charge in [0.25, 0.3) is 0 Å². The van der Waals surface area contributed by atoms with E-state index in [1.807, 2.05) is 31.2 Å². The van der Waals surface area contributed by atoms with E-state index < -0.39 is 0 Å². The molecule has 92 valence electrons. The monoisotopic (exact) mass is 251 g/mol. The molecule has 0 spiro atoms. The standard InChI is InChI=1S/C13H17NO2S/c1-9(13(16)14-11-5-6-11)17-12-4-2-3-10(7-12)8-15/h2-4,7,9,11,15H,5-6,8H2,1H3,(H,14,16). The van der Waals surface area contributed by atoms with Crippen LogP contribution in [0.2, 0.25) is 0 Å². The smallest absolute Gasteiger partial charge is 0.233 e. The summed E-state index contributed by atoms with van der Waals surface area (Å²) in [6, 6.07) is 8.07. The lowest BCUT2D eigenvalue weighted by Crippen LogP contribution is -2.32. The number of carbonyl (C=O) groups is 1. The minimum atomic E-state index is -0.0930. The molecule has 4 heteroatoms. The Morgan fingerprint density at radius 3 is 3.00 bits per heavy atom. The number of amides is 1. The molecule has 0 aliphatic heterocycles. The molecule has 1 atom stereocenters. The van der Waals surface area contributed by atoms with Crippen molar-refractivity contribution in [2.24, 2.45) is 0 Å². The molecule has 1 unspecified atom stereocenters. The normalized spacial score (nSPS) is 16.6. The number of hydrogen-bond donors (Lipinski definition) is 2. The van der Waals surface area contributed by atoms with E-state index in [0.717, 1.165) is 23.3 Å². The van der Waals surface area contributed by atoms with Crippen LogP contribution in [0.4, 0.5) is 0 Å². The molecule has 2 N–H and O–H groups in total. The molecule has 2 rings (SSSR count). The minimum Gasteiger partial charge on any atom is -0.392 e. The van der Waals surface area contributed by atoms with Crippen molar-refractivity contribution in [2.75, 3.05) is 0 Å². The molecule has 0 bridgehead atoms. The zero-order chi connectivity index (χ0) is 12.3. The van der Waals surface area contributed by atoms with Gasteiger partial charge in [-0.3, -0.25) is 4.79 Å². The van der Waals surface area contributed by atoms with E-state index in [-0.39, 0.29) is 17.8 Å². The third-order valence-corrected chi connectivity index (χ3v) is 3.78. The van der Waals surface area contributed by atoms with Crippen LogP contribution in [-0.2, 0) is 11.4 Å². The van der Waals surface area contributed by atoms with Gasteiger partial charge in [0.1, 0.15) is 0 Å². The Bertz CT molecular complexity index is 404. The number of hydrogen-bond acceptors (Lipinski definition) is 3. The van der Waals surface area contributed by atoms with Gasteiger partial charge in [-0.2, -0.15) is 0 Å². The summed E-state index contributed by atoms with van der Waals surface area (Å²) in [6.45, 7) is 1.95. The highest BCUT2D eigenvalue weighted by atomic mass is 32.2. The van der Waals surface area contributed by atoms with Crippen LogP contribution in [-0.4, -0.2) is 22.3 Å². The molecule has 1 aliphatic rings. The molecular weight excluding hydrogens is 234 g/mol. The topological polar surface area (TPSA) is 49.3 Å². The van der Waals surface area contributed by atoms with Crippen molar-refractivity contribution in [1.29, 1.82) is 0 Å². The third-order valence-electron chi connectivity index (χ3n) is 2.69. The number of nitrogens with one attached hydrogen (secondary N) is 1. The predicted octanol–water partition coefficient (Wildman–Crippen LogP) is 1.94. The van der Waals surface area contributed by atoms with E-state index in [1.165, 1.54) is 11.8 Å². The fraction of sp³-hybridized carbons (Fsp3) is 0.462. The highest BCUT2D eigenvalue weighted by molar-refractivity contribution is 8.00. The van der Waals surface area contributed by atoms with Crippen molar-refractivity contribution < 1.29 is 9.90 Å². The van der Waals surface area contributed by atoms with E-state index in [1.54, 1.807) is 0 Å². The van der Waals surface area contributed by atoms with Gasteiger partial charge in [0, 0.05) is 10.9 Å². The van der Waals surface area contributed by atoms with Gasteiger partial charge in [0.05, 0.1) is 11.9 Å². The molecule has 0 saturated heterocycles. The first kappa shape index (κ1) is 12.5. The first-order valence-electron chi connectivity index (χ1n) is 5.86. The van der Waals surface area contributed by atoms with Gasteiger partial charge in [0.2, 0.25) is 5.91 Å². The number of benzene rings is 1. The van der Waals surface area contributed by atoms with E-state index in [9.17, 15) is 4.79 Å². The first-order valence-corrected chi connectivity index (χ1v) is 6.74. The minimum absolute atomic E-state index is 0.0387. The van der Waals surface area contributed by atoms with Crippen LogP contribution in [0.5, 0.6) is 0 Å². The maximum absolute atomic E-state index is 11.8. The highest BCUT2D eigenvalue weighted by Gasteiger charge is 2.25. The lowest BCUT2D eigenvalue weighted by molar-refractivity contribution is -0.120. The summed E-state index contributed by atoms with van der Waals surface area (Å²) in [4.78, 5) is 12.8. The summed E-state index contributed by atoms with van der Waals surface area (Å²) >= 11 is 1.53. The average Bonchev–Trinajstić information content (AvgIpc) is 3.13. The van der Waals surface area contributed by atoms with Crippen LogP contribution in [0.3, 0.4) is 0 Å². The van der Waals surface area contributed by atoms with Gasteiger partial charge in [-0.25, -0.2) is 0 Å². The Morgan fingerprint density at radius 2 is 2.35 bits per heavy atom. The molecule has 1 aromatic rings. The van der Waals surface area contributed by atoms with Crippen molar-refractivity contribution in [3.8, 4) is 0 Å². The van der Waals surface area contributed by atoms with Gasteiger partial charge in [-0.15, -0.1) is 11.8 Å². The van der Waals surface area contributed by atoms with Crippen LogP contribution < -0.4 is 5.32 Å². The highest BCUT2D eigenvalue weighted by Crippen LogP contribution is 2.26. The lowest BCUT2D eigenvalue weighted by atomic mass is 10.2. The molecule has 0 radical (unpaired) electrons. The molecule has 1 saturated carbocycles. The first-order chi connectivity index (χ1) is 8.19. The summed E-state index contributed by atoms with van der Waals surface area (Å²) in [5.41, 5.74) is 0.879. The predicted molar refractivity (Wildman–Crippen MR) is 68.8 cm³/mol. The Labute approximate surface area is 106 Å². The number of aliphatic hydroxyl groups excluding tert-OH is 1. The van der Waals surface area contributed by atoms with Crippen LogP contribution in [0.1, 0.15) is 25.3 Å². The fourth-order valence-electron chi connectivity index (χ4n) is 1.52. The van der Waals surface area contributed by atoms with Crippen LogP contribution in [0.25, 0.3) is 0 Å². The Morgan fingerprint density at radius 1 is 1.59 bits per heavy atom. The van der Waals surface area contributed by atoms with Crippen molar-refractivity contribution in [3.05, 3.63) is 29.8 Å². The van der Waals surface area contributed by atoms with Crippen molar-refractivity contribution in [3.63, 3.8) is 0 Å². The van der Waals surface area contributed by atoms with Crippen LogP contribution in [0, 0.1) is 0 Å². The average molecular weight is 251 g/mol. The summed E-state index contributed by atoms with van der Waals surface area (Å²) in [7, 11) is 0. The second-order valence-corrected chi connectivity index (χ2v) is 5.76. The summed E-state index contributed by atoms with van der Waals surface area (Å²) < 4.78 is 0. The maximum atomic E-state index is 11.8. The summed E-state index contributed by atoms with van der Waals surface area (Å²) in [5, 5.41) is 11.9. The molecule has 1 aliphatic carbocycles. The van der Waals surface area contributed by atoms with Crippen molar-refractivity contribution in [2.45, 2.75) is 42.6 Å². The number of carbonyl (C=O) groups excluding carboxylic acids is 1. The molecule has 3 nitrogen and oxygen atoms in total. The largest absolute Gasteiger partial charge is 0.392 e. The SMILES string of the molecule is CC(Sc1cccc(CO)c1)C(=O)NC1CC1. The van der Waals surface area contributed by atoms with Crippen molar-refractivity contribution >= 4 is 17.7 Å². The number of rotatable bonds is 5. The van der Waals surface area contributed by atoms with E-state index in [4.69, 9.17) is 5.11 Å². The Kier molecular flexibility index (Phi) is 4.07. The summed E-state index contributed by atoms with van der Waals surface area (Å²) in [6.07, 6.45) is 2.23. The zero-order valence-electron chi connectivity index (χ0n) is 9.85. The maximum Gasteiger partial charge on any atom is 0.233 e. The fourth-order valence-corrected chi connectivity index (χ4v) is 2.48. The van der Waals surface area contributed by atoms with Gasteiger partial charge in [-0.1, -0.05) is 12.1 Å². The second kappa shape index (κ2) is 5.56. The number of thioether (sulfide) groups is 1. The molecular formula is C13H17NO2S. The van der Waals surface area contributed by atoms with Gasteiger partial charge in [0.15, 0.2) is 0 Å². The molecule has 1 fully saturated rings. The van der Waals surface area contributed by atoms with Crippen LogP contribution in [0.15, 0.2) is 29.2 Å². The Balaban J connectivity index is 1.91. The molecule has 0 heterocycles. The molecule has 17 heavy (non-hydrogen) atoms. The third kappa shape index (κ3) is 3.75. The van der Waals surface area contributed by atoms with E-state index >= 15 is 0 Å². The van der Waals surface area contributed by atoms with E-state index in [0.29, 0.717) is 6.04 Å². The quantitative estimate of drug-likeness (QED) is 0.786. The molecule has 1 amide bonds. The summed E-state index contributed by atoms with van der Waals surface area (Å²) in [5.74, 6) is 0.104. The lowest BCUT2D eigenvalue weighted by Gasteiger charge is -2.11. The molecule has 0 aromatic heterocycles. The Hall–Kier alpha value is -1.00. The van der Waals surface area contributed by atoms with Gasteiger partial charge in [-0.05, 0) is 37.5 Å². The van der Waals surface area contributed by atoms with Gasteiger partial charge < -0.3 is 10.4 Å². The molecule has 1 aromatic carbocycles. The van der Waals surface area contributed by atoms with Crippen molar-refractivity contribution in [1.82, 2.24) is 5.32 Å². The van der Waals surface area contributed by atoms with E-state index in [2.05, 4.69) is 5.32 Å². The van der Waals surface area contributed by atoms with Gasteiger partial charge >= 0.3 is 0 Å².